The van der Waals surface area contributed by atoms with E-state index >= 15 is 0 Å². The number of pyridine rings is 2. The van der Waals surface area contributed by atoms with Crippen molar-refractivity contribution in [1.29, 1.82) is 0 Å². The summed E-state index contributed by atoms with van der Waals surface area (Å²) in [6.45, 7) is 4.30. The van der Waals surface area contributed by atoms with Crippen molar-refractivity contribution in [2.75, 3.05) is 5.32 Å². The average Bonchev–Trinajstić information content (AvgIpc) is 3.07. The number of fused-ring (bicyclic) bond motifs is 1. The maximum Gasteiger partial charge on any atom is 0.255 e. The Morgan fingerprint density at radius 1 is 1.16 bits per heavy atom. The number of amides is 2. The molecule has 0 aliphatic carbocycles. The Kier molecular flexibility index (Phi) is 5.62. The van der Waals surface area contributed by atoms with Crippen LogP contribution >= 0.6 is 0 Å². The highest BCUT2D eigenvalue weighted by Gasteiger charge is 2.30. The third kappa shape index (κ3) is 4.53. The lowest BCUT2D eigenvalue weighted by molar-refractivity contribution is -0.118. The van der Waals surface area contributed by atoms with Crippen LogP contribution in [-0.2, 0) is 17.9 Å². The Balaban J connectivity index is 1.44. The molecule has 31 heavy (non-hydrogen) atoms. The quantitative estimate of drug-likeness (QED) is 0.647. The predicted octanol–water partition coefficient (Wildman–Crippen LogP) is 4.16. The summed E-state index contributed by atoms with van der Waals surface area (Å²) in [5.41, 5.74) is 2.08. The fourth-order valence-electron chi connectivity index (χ4n) is 3.19. The maximum absolute atomic E-state index is 13.0. The summed E-state index contributed by atoms with van der Waals surface area (Å²) in [4.78, 5) is 35.1. The predicted molar refractivity (Wildman–Crippen MR) is 112 cm³/mol. The number of benzene rings is 1. The first-order chi connectivity index (χ1) is 14.9. The van der Waals surface area contributed by atoms with Crippen molar-refractivity contribution in [2.45, 2.75) is 26.9 Å². The summed E-state index contributed by atoms with van der Waals surface area (Å²) in [7, 11) is 0. The zero-order valence-corrected chi connectivity index (χ0v) is 17.1. The molecular weight excluding hydrogens is 399 g/mol. The summed E-state index contributed by atoms with van der Waals surface area (Å²) < 4.78 is 18.6. The molecule has 1 aromatic carbocycles. The Bertz CT molecular complexity index is 1110. The number of nitrogens with zero attached hydrogens (tertiary/aromatic N) is 3. The number of hydrogen-bond donors (Lipinski definition) is 1. The van der Waals surface area contributed by atoms with Crippen LogP contribution in [0.2, 0.25) is 0 Å². The lowest BCUT2D eigenvalue weighted by Gasteiger charge is -2.16. The largest absolute Gasteiger partial charge is 0.439 e. The van der Waals surface area contributed by atoms with Gasteiger partial charge in [0.05, 0.1) is 6.54 Å². The highest BCUT2D eigenvalue weighted by Crippen LogP contribution is 2.29. The Morgan fingerprint density at radius 2 is 1.94 bits per heavy atom. The van der Waals surface area contributed by atoms with Crippen LogP contribution in [0.15, 0.2) is 54.9 Å². The molecule has 2 amide bonds. The van der Waals surface area contributed by atoms with Gasteiger partial charge in [-0.25, -0.2) is 14.4 Å². The minimum Gasteiger partial charge on any atom is -0.439 e. The number of nitrogens with one attached hydrogen (secondary N) is 1. The van der Waals surface area contributed by atoms with E-state index in [0.29, 0.717) is 41.7 Å². The Labute approximate surface area is 178 Å². The first-order valence-corrected chi connectivity index (χ1v) is 9.87. The lowest BCUT2D eigenvalue weighted by Crippen LogP contribution is -2.23. The minimum atomic E-state index is -0.339. The van der Waals surface area contributed by atoms with Gasteiger partial charge in [-0.05, 0) is 35.9 Å². The average molecular weight is 420 g/mol. The summed E-state index contributed by atoms with van der Waals surface area (Å²) in [5, 5.41) is 2.80. The van der Waals surface area contributed by atoms with E-state index in [-0.39, 0.29) is 23.5 Å². The van der Waals surface area contributed by atoms with Crippen molar-refractivity contribution in [3.8, 4) is 11.6 Å². The molecule has 1 aliphatic heterocycles. The summed E-state index contributed by atoms with van der Waals surface area (Å²) in [6.07, 6.45) is 3.16. The normalized spacial score (nSPS) is 12.8. The van der Waals surface area contributed by atoms with Gasteiger partial charge in [-0.2, -0.15) is 0 Å². The number of carbonyl (C=O) groups excluding carboxylic acids is 2. The van der Waals surface area contributed by atoms with Crippen LogP contribution in [0.25, 0.3) is 0 Å². The van der Waals surface area contributed by atoms with Crippen molar-refractivity contribution in [3.05, 3.63) is 77.4 Å². The molecule has 1 N–H and O–H groups in total. The Hall–Kier alpha value is -3.81. The van der Waals surface area contributed by atoms with E-state index in [1.54, 1.807) is 37.1 Å². The molecular formula is C23H21FN4O3. The molecule has 0 unspecified atom stereocenters. The van der Waals surface area contributed by atoms with E-state index < -0.39 is 0 Å². The molecule has 7 nitrogen and oxygen atoms in total. The summed E-state index contributed by atoms with van der Waals surface area (Å²) in [6, 6.07) is 10.9. The van der Waals surface area contributed by atoms with Crippen molar-refractivity contribution in [3.63, 3.8) is 0 Å². The smallest absolute Gasteiger partial charge is 0.255 e. The molecule has 0 atom stereocenters. The fraction of sp³-hybridized carbons (Fsp3) is 0.217. The lowest BCUT2D eigenvalue weighted by atomic mass is 10.1. The molecule has 3 heterocycles. The first kappa shape index (κ1) is 20.5. The van der Waals surface area contributed by atoms with Crippen molar-refractivity contribution >= 4 is 17.6 Å². The molecule has 0 radical (unpaired) electrons. The van der Waals surface area contributed by atoms with Gasteiger partial charge in [0.25, 0.3) is 5.91 Å². The van der Waals surface area contributed by atoms with E-state index in [2.05, 4.69) is 15.3 Å². The Morgan fingerprint density at radius 3 is 2.61 bits per heavy atom. The monoisotopic (exact) mass is 420 g/mol. The van der Waals surface area contributed by atoms with Gasteiger partial charge < -0.3 is 15.0 Å². The van der Waals surface area contributed by atoms with Gasteiger partial charge >= 0.3 is 0 Å². The number of ether oxygens (including phenoxy) is 1. The van der Waals surface area contributed by atoms with Gasteiger partial charge in [-0.3, -0.25) is 9.59 Å². The van der Waals surface area contributed by atoms with E-state index in [9.17, 15) is 14.0 Å². The van der Waals surface area contributed by atoms with Crippen LogP contribution in [0, 0.1) is 11.7 Å². The molecule has 8 heteroatoms. The standard InChI is InChI=1S/C23H21FN4O3/c1-14(2)22(29)27-21-19-13-28(23(30)18(19)9-10-25-21)12-15-3-8-20(26-11-15)31-17-6-4-16(24)5-7-17/h3-11,14H,12-13H2,1-2H3,(H,25,27,29). The molecule has 0 spiro atoms. The maximum atomic E-state index is 13.0. The van der Waals surface area contributed by atoms with Gasteiger partial charge in [0.2, 0.25) is 11.8 Å². The molecule has 0 saturated heterocycles. The van der Waals surface area contributed by atoms with Crippen LogP contribution in [0.4, 0.5) is 10.2 Å². The summed E-state index contributed by atoms with van der Waals surface area (Å²) in [5.74, 6) is 0.483. The molecule has 4 rings (SSSR count). The number of aromatic nitrogens is 2. The van der Waals surface area contributed by atoms with Crippen LogP contribution in [0.5, 0.6) is 11.6 Å². The van der Waals surface area contributed by atoms with E-state index in [4.69, 9.17) is 4.74 Å². The molecule has 158 valence electrons. The second-order valence-electron chi connectivity index (χ2n) is 7.55. The number of anilines is 1. The van der Waals surface area contributed by atoms with Gasteiger partial charge in [0, 0.05) is 42.0 Å². The van der Waals surface area contributed by atoms with Crippen molar-refractivity contribution < 1.29 is 18.7 Å². The van der Waals surface area contributed by atoms with Crippen molar-refractivity contribution in [1.82, 2.24) is 14.9 Å². The second kappa shape index (κ2) is 8.51. The second-order valence-corrected chi connectivity index (χ2v) is 7.55. The molecule has 0 saturated carbocycles. The van der Waals surface area contributed by atoms with Gasteiger partial charge in [0.1, 0.15) is 17.4 Å². The van der Waals surface area contributed by atoms with Crippen LogP contribution in [0.3, 0.4) is 0 Å². The number of rotatable bonds is 6. The van der Waals surface area contributed by atoms with Crippen LogP contribution in [0.1, 0.15) is 35.3 Å². The van der Waals surface area contributed by atoms with E-state index in [0.717, 1.165) is 5.56 Å². The van der Waals surface area contributed by atoms with E-state index in [1.807, 2.05) is 6.07 Å². The van der Waals surface area contributed by atoms with Crippen molar-refractivity contribution in [2.24, 2.45) is 5.92 Å². The number of carbonyl (C=O) groups is 2. The van der Waals surface area contributed by atoms with Crippen LogP contribution < -0.4 is 10.1 Å². The third-order valence-corrected chi connectivity index (χ3v) is 4.90. The summed E-state index contributed by atoms with van der Waals surface area (Å²) >= 11 is 0. The number of hydrogen-bond acceptors (Lipinski definition) is 5. The third-order valence-electron chi connectivity index (χ3n) is 4.90. The van der Waals surface area contributed by atoms with Gasteiger partial charge in [0.15, 0.2) is 0 Å². The van der Waals surface area contributed by atoms with Gasteiger partial charge in [-0.15, -0.1) is 0 Å². The fourth-order valence-corrected chi connectivity index (χ4v) is 3.19. The molecule has 2 aromatic heterocycles. The highest BCUT2D eigenvalue weighted by atomic mass is 19.1. The minimum absolute atomic E-state index is 0.121. The topological polar surface area (TPSA) is 84.4 Å². The van der Waals surface area contributed by atoms with Crippen LogP contribution in [-0.4, -0.2) is 26.7 Å². The SMILES string of the molecule is CC(C)C(=O)Nc1nccc2c1CN(Cc1ccc(Oc3ccc(F)cc3)nc1)C2=O. The van der Waals surface area contributed by atoms with E-state index in [1.165, 1.54) is 30.5 Å². The zero-order chi connectivity index (χ0) is 22.0. The number of halogens is 1. The van der Waals surface area contributed by atoms with Gasteiger partial charge in [-0.1, -0.05) is 19.9 Å². The zero-order valence-electron chi connectivity index (χ0n) is 17.1. The molecule has 3 aromatic rings. The highest BCUT2D eigenvalue weighted by molar-refractivity contribution is 6.01. The first-order valence-electron chi connectivity index (χ1n) is 9.87. The molecule has 0 fully saturated rings. The molecule has 0 bridgehead atoms. The molecule has 1 aliphatic rings.